The number of fused-ring (bicyclic) bond motifs is 7. The Morgan fingerprint density at radius 1 is 0.963 bits per heavy atom. The molecule has 18 heteroatoms. The lowest BCUT2D eigenvalue weighted by molar-refractivity contribution is -0.155. The highest BCUT2D eigenvalue weighted by Gasteiger charge is 2.45. The average Bonchev–Trinajstić information content (AvgIpc) is 4.22. The molecule has 6 bridgehead atoms. The zero-order valence-corrected chi connectivity index (χ0v) is 49.1. The number of aryl methyl sites for hydroxylation is 1. The number of aromatic nitrogens is 2. The molecule has 80 heavy (non-hydrogen) atoms. The predicted molar refractivity (Wildman–Crippen MR) is 311 cm³/mol. The minimum atomic E-state index is -1.00. The summed E-state index contributed by atoms with van der Waals surface area (Å²) in [5.74, 6) is -1.52. The van der Waals surface area contributed by atoms with Crippen LogP contribution in [0.3, 0.4) is 0 Å². The second-order valence-electron chi connectivity index (χ2n) is 25.3. The molecule has 0 radical (unpaired) electrons. The minimum Gasteiger partial charge on any atom is -0.464 e. The largest absolute Gasteiger partial charge is 0.464 e. The van der Waals surface area contributed by atoms with Crippen molar-refractivity contribution >= 4 is 51.9 Å². The summed E-state index contributed by atoms with van der Waals surface area (Å²) in [7, 11) is 3.43. The van der Waals surface area contributed by atoms with Crippen molar-refractivity contribution in [3.05, 3.63) is 66.0 Å². The molecule has 434 valence electrons. The number of hydrogen-bond donors (Lipinski definition) is 2. The number of methoxy groups -OCH3 is 1. The van der Waals surface area contributed by atoms with E-state index in [1.807, 2.05) is 29.8 Å². The van der Waals surface area contributed by atoms with E-state index in [4.69, 9.17) is 14.5 Å². The molecule has 2 aromatic heterocycles. The van der Waals surface area contributed by atoms with E-state index in [0.717, 1.165) is 90.0 Å². The van der Waals surface area contributed by atoms with Crippen LogP contribution in [-0.4, -0.2) is 192 Å². The monoisotopic (exact) mass is 1100 g/mol. The fourth-order valence-corrected chi connectivity index (χ4v) is 14.3. The second-order valence-corrected chi connectivity index (χ2v) is 25.3. The van der Waals surface area contributed by atoms with Crippen molar-refractivity contribution < 1.29 is 33.4 Å². The summed E-state index contributed by atoms with van der Waals surface area (Å²) in [4.78, 5) is 88.8. The van der Waals surface area contributed by atoms with E-state index in [9.17, 15) is 24.0 Å². The van der Waals surface area contributed by atoms with Gasteiger partial charge in [0.2, 0.25) is 11.8 Å². The van der Waals surface area contributed by atoms with Gasteiger partial charge in [-0.1, -0.05) is 52.8 Å². The van der Waals surface area contributed by atoms with E-state index < -0.39 is 35.4 Å². The van der Waals surface area contributed by atoms with Gasteiger partial charge in [0.25, 0.3) is 5.91 Å². The number of piperidine rings is 2. The number of cyclic esters (lactones) is 1. The van der Waals surface area contributed by atoms with E-state index >= 15 is 0 Å². The highest BCUT2D eigenvalue weighted by Crippen LogP contribution is 2.44. The molecule has 1 aromatic carbocycles. The number of esters is 1. The van der Waals surface area contributed by atoms with Gasteiger partial charge in [-0.05, 0) is 130 Å². The number of rotatable bonds is 10. The normalized spacial score (nSPS) is 25.4. The van der Waals surface area contributed by atoms with Gasteiger partial charge in [-0.3, -0.25) is 39.0 Å². The summed E-state index contributed by atoms with van der Waals surface area (Å²) in [5, 5.41) is 5.81. The molecular formula is C62H89N11O7. The molecule has 5 fully saturated rings. The molecule has 5 amide bonds. The fraction of sp³-hybridized carbons (Fsp3) is 0.645. The summed E-state index contributed by atoms with van der Waals surface area (Å²) in [6, 6.07) is 6.82. The smallest absolute Gasteiger partial charge is 0.324 e. The lowest BCUT2D eigenvalue weighted by Crippen LogP contribution is -2.64. The van der Waals surface area contributed by atoms with Crippen molar-refractivity contribution in [1.82, 2.24) is 49.8 Å². The molecule has 2 N–H and O–H groups in total. The Labute approximate surface area is 474 Å². The van der Waals surface area contributed by atoms with Crippen LogP contribution in [0.2, 0.25) is 0 Å². The molecule has 18 nitrogen and oxygen atoms in total. The first-order valence-corrected chi connectivity index (χ1v) is 30.0. The van der Waals surface area contributed by atoms with E-state index in [2.05, 4.69) is 94.6 Å². The van der Waals surface area contributed by atoms with Gasteiger partial charge in [0, 0.05) is 121 Å². The Hall–Kier alpha value is -5.82. The van der Waals surface area contributed by atoms with Crippen LogP contribution in [0.25, 0.3) is 27.7 Å². The Kier molecular flexibility index (Phi) is 17.2. The number of piperazine rings is 1. The molecule has 3 aromatic rings. The Bertz CT molecular complexity index is 2850. The second kappa shape index (κ2) is 23.9. The molecule has 5 saturated heterocycles. The maximum Gasteiger partial charge on any atom is 0.324 e. The van der Waals surface area contributed by atoms with Crippen molar-refractivity contribution in [2.24, 2.45) is 16.7 Å². The molecule has 7 aliphatic rings. The first-order chi connectivity index (χ1) is 38.4. The van der Waals surface area contributed by atoms with Crippen LogP contribution >= 0.6 is 0 Å². The van der Waals surface area contributed by atoms with Crippen LogP contribution in [-0.2, 0) is 41.6 Å². The molecule has 1 unspecified atom stereocenters. The number of hydrazine groups is 1. The van der Waals surface area contributed by atoms with Crippen LogP contribution in [0.5, 0.6) is 0 Å². The van der Waals surface area contributed by atoms with Crippen molar-refractivity contribution in [2.75, 3.05) is 104 Å². The molecule has 6 atom stereocenters. The summed E-state index contributed by atoms with van der Waals surface area (Å²) in [5.41, 5.74) is 11.4. The number of ether oxygens (including phenoxy) is 2. The van der Waals surface area contributed by atoms with Gasteiger partial charge < -0.3 is 39.0 Å². The highest BCUT2D eigenvalue weighted by atomic mass is 16.5. The van der Waals surface area contributed by atoms with Crippen molar-refractivity contribution in [1.29, 1.82) is 0 Å². The third-order valence-electron chi connectivity index (χ3n) is 18.9. The maximum atomic E-state index is 15.0. The average molecular weight is 1100 g/mol. The lowest BCUT2D eigenvalue weighted by Gasteiger charge is -2.45. The Morgan fingerprint density at radius 3 is 2.48 bits per heavy atom. The first kappa shape index (κ1) is 57.4. The Balaban J connectivity index is 0.962. The summed E-state index contributed by atoms with van der Waals surface area (Å²) in [6.45, 7) is 25.3. The molecule has 9 heterocycles. The van der Waals surface area contributed by atoms with Crippen LogP contribution in [0.15, 0.2) is 49.2 Å². The molecular weight excluding hydrogens is 1010 g/mol. The maximum absolute atomic E-state index is 15.0. The number of urea groups is 1. The summed E-state index contributed by atoms with van der Waals surface area (Å²) >= 11 is 0. The number of likely N-dealkylation sites (N-methyl/N-ethyl adjacent to an activating group) is 1. The van der Waals surface area contributed by atoms with Gasteiger partial charge in [0.05, 0.1) is 36.0 Å². The van der Waals surface area contributed by atoms with Crippen molar-refractivity contribution in [3.63, 3.8) is 0 Å². The fourth-order valence-electron chi connectivity index (χ4n) is 14.3. The number of pyridine rings is 1. The van der Waals surface area contributed by atoms with Crippen LogP contribution in [0.1, 0.15) is 122 Å². The quantitative estimate of drug-likeness (QED) is 0.160. The number of benzene rings is 1. The first-order valence-electron chi connectivity index (χ1n) is 30.0. The number of anilines is 1. The molecule has 10 rings (SSSR count). The number of likely N-dealkylation sites (tertiary alicyclic amines) is 2. The molecule has 7 aliphatic heterocycles. The zero-order valence-electron chi connectivity index (χ0n) is 49.1. The van der Waals surface area contributed by atoms with E-state index in [1.54, 1.807) is 14.2 Å². The number of carbonyl (C=O) groups is 5. The molecule has 0 saturated carbocycles. The van der Waals surface area contributed by atoms with E-state index in [-0.39, 0.29) is 48.4 Å². The molecule has 1 spiro atoms. The van der Waals surface area contributed by atoms with Gasteiger partial charge in [-0.25, -0.2) is 10.2 Å². The third-order valence-corrected chi connectivity index (χ3v) is 18.9. The van der Waals surface area contributed by atoms with Gasteiger partial charge in [0.1, 0.15) is 18.1 Å². The third kappa shape index (κ3) is 11.8. The number of carbonyl (C=O) groups excluding carboxylic acids is 5. The van der Waals surface area contributed by atoms with Gasteiger partial charge in [-0.15, -0.1) is 0 Å². The number of nitrogens with zero attached hydrogens (tertiary/aromatic N) is 9. The van der Waals surface area contributed by atoms with Crippen LogP contribution in [0, 0.1) is 16.7 Å². The number of nitrogens with one attached hydrogen (secondary N) is 2. The van der Waals surface area contributed by atoms with Crippen molar-refractivity contribution in [2.45, 2.75) is 143 Å². The van der Waals surface area contributed by atoms with Crippen molar-refractivity contribution in [3.8, 4) is 11.3 Å². The highest BCUT2D eigenvalue weighted by molar-refractivity contribution is 5.96. The molecule has 0 aliphatic carbocycles. The van der Waals surface area contributed by atoms with E-state index in [0.29, 0.717) is 77.7 Å². The SMILES string of the molecule is C=CC(=O)N1CCC2(CCN(C(=O)N(C)[C@H](C(=O)N[C@H]3CN4CCC=C(C4)c4ccc5c(c4)c(c(-c4cc(N6CCN7CCCC[C@@H]7C6)cnc4[C@H](C)OC)n5CC)CC(C)(C)COC(=O)[C@@H]4CCCN(N4)C3=O)C(C)C)CC2)C1. The van der Waals surface area contributed by atoms with Gasteiger partial charge >= 0.3 is 12.0 Å². The summed E-state index contributed by atoms with van der Waals surface area (Å²) < 4.78 is 14.8. The minimum absolute atomic E-state index is 0.0340. The topological polar surface area (TPSA) is 168 Å². The Morgan fingerprint density at radius 2 is 1.74 bits per heavy atom. The standard InChI is InChI=1S/C62H89N11O7/c1-10-53(74)71-29-23-62(39-71)21-27-69(28-22-62)60(78)66(8)55(41(3)4)57(75)64-51-38-67-24-14-16-44(36-67)43-19-20-52-47(32-43)49(34-61(6,7)40-80-59(77)50-18-15-26-73(65-50)58(51)76)56(72(52)11-2)48-33-46(35-63-54(48)42(5)79-9)70-31-30-68-25-13-12-17-45(68)37-70/h10,16,19-20,32-33,35,41-42,45,50-51,55,65H,1,11-15,17-18,21-31,34,36-40H2,2-9H3,(H,64,75)/t42-,45+,50-,51-,55-/m0/s1. The predicted octanol–water partition coefficient (Wildman–Crippen LogP) is 6.88. The number of hydrogen-bond acceptors (Lipinski definition) is 12. The lowest BCUT2D eigenvalue weighted by atomic mass is 9.78. The number of amides is 5. The zero-order chi connectivity index (χ0) is 56.6. The summed E-state index contributed by atoms with van der Waals surface area (Å²) in [6.07, 6.45) is 14.0. The van der Waals surface area contributed by atoms with Gasteiger partial charge in [-0.2, -0.15) is 0 Å². The van der Waals surface area contributed by atoms with E-state index in [1.165, 1.54) is 47.4 Å². The van der Waals surface area contributed by atoms with Crippen LogP contribution < -0.4 is 15.6 Å². The van der Waals surface area contributed by atoms with Crippen LogP contribution in [0.4, 0.5) is 10.5 Å². The van der Waals surface area contributed by atoms with Gasteiger partial charge in [0.15, 0.2) is 0 Å².